The van der Waals surface area contributed by atoms with E-state index in [0.29, 0.717) is 44.0 Å². The Balaban J connectivity index is 2.22. The van der Waals surface area contributed by atoms with Crippen LogP contribution < -0.4 is 0 Å². The summed E-state index contributed by atoms with van der Waals surface area (Å²) in [5.74, 6) is -0.124. The first-order valence-corrected chi connectivity index (χ1v) is 10.5. The third-order valence-electron chi connectivity index (χ3n) is 5.55. The van der Waals surface area contributed by atoms with Crippen molar-refractivity contribution < 1.29 is 28.5 Å². The standard InChI is InChI=1S/C21H36O6/c1-6-11-12-23-17(13-16-15-24-20(7-2,8-3)25-16)19-18(14-22)26-21(9-4,10-5)27-19/h14,16,18H,6-13,15H2,1-5H3/b19-17+. The zero-order valence-electron chi connectivity index (χ0n) is 17.5. The molecule has 2 unspecified atom stereocenters. The van der Waals surface area contributed by atoms with Gasteiger partial charge in [0.2, 0.25) is 5.79 Å². The molecule has 6 heteroatoms. The van der Waals surface area contributed by atoms with E-state index in [0.717, 1.165) is 32.0 Å². The van der Waals surface area contributed by atoms with Gasteiger partial charge >= 0.3 is 0 Å². The van der Waals surface area contributed by atoms with Crippen LogP contribution in [0.4, 0.5) is 0 Å². The van der Waals surface area contributed by atoms with Crippen molar-refractivity contribution in [1.82, 2.24) is 0 Å². The van der Waals surface area contributed by atoms with Crippen LogP contribution in [-0.2, 0) is 28.5 Å². The average molecular weight is 385 g/mol. The molecule has 6 nitrogen and oxygen atoms in total. The minimum Gasteiger partial charge on any atom is -0.494 e. The lowest BCUT2D eigenvalue weighted by Crippen LogP contribution is -2.29. The highest BCUT2D eigenvalue weighted by Crippen LogP contribution is 2.40. The molecule has 0 radical (unpaired) electrons. The van der Waals surface area contributed by atoms with E-state index >= 15 is 0 Å². The van der Waals surface area contributed by atoms with Crippen LogP contribution in [0.15, 0.2) is 11.5 Å². The summed E-state index contributed by atoms with van der Waals surface area (Å²) in [5.41, 5.74) is 0. The van der Waals surface area contributed by atoms with Crippen LogP contribution in [0, 0.1) is 0 Å². The minimum atomic E-state index is -0.760. The van der Waals surface area contributed by atoms with Crippen molar-refractivity contribution >= 4 is 6.29 Å². The van der Waals surface area contributed by atoms with Gasteiger partial charge in [0, 0.05) is 19.3 Å². The number of aldehydes is 1. The number of carbonyl (C=O) groups excluding carboxylic acids is 1. The highest BCUT2D eigenvalue weighted by atomic mass is 16.8. The van der Waals surface area contributed by atoms with Gasteiger partial charge in [-0.2, -0.15) is 0 Å². The Morgan fingerprint density at radius 1 is 1.07 bits per heavy atom. The van der Waals surface area contributed by atoms with Gasteiger partial charge in [0.15, 0.2) is 23.9 Å². The van der Waals surface area contributed by atoms with Gasteiger partial charge < -0.3 is 23.7 Å². The molecule has 0 aromatic rings. The van der Waals surface area contributed by atoms with E-state index in [1.807, 2.05) is 13.8 Å². The van der Waals surface area contributed by atoms with Gasteiger partial charge in [-0.3, -0.25) is 4.79 Å². The molecule has 27 heavy (non-hydrogen) atoms. The Kier molecular flexibility index (Phi) is 8.13. The molecule has 2 aliphatic rings. The average Bonchev–Trinajstić information content (AvgIpc) is 3.29. The SMILES string of the molecule is CCCCO/C(CC1COC(CC)(CC)O1)=C1/OC(CC)(CC)OC1C=O. The molecule has 156 valence electrons. The summed E-state index contributed by atoms with van der Waals surface area (Å²) in [6.07, 6.45) is 5.35. The number of rotatable bonds is 11. The van der Waals surface area contributed by atoms with E-state index in [1.165, 1.54) is 0 Å². The van der Waals surface area contributed by atoms with Crippen molar-refractivity contribution in [3.8, 4) is 0 Å². The molecule has 0 spiro atoms. The molecule has 2 rings (SSSR count). The van der Waals surface area contributed by atoms with E-state index in [4.69, 9.17) is 23.7 Å². The minimum absolute atomic E-state index is 0.122. The number of ether oxygens (including phenoxy) is 5. The lowest BCUT2D eigenvalue weighted by atomic mass is 10.1. The van der Waals surface area contributed by atoms with Crippen LogP contribution in [0.2, 0.25) is 0 Å². The molecule has 0 aromatic heterocycles. The summed E-state index contributed by atoms with van der Waals surface area (Å²) in [7, 11) is 0. The quantitative estimate of drug-likeness (QED) is 0.298. The van der Waals surface area contributed by atoms with E-state index in [9.17, 15) is 4.79 Å². The highest BCUT2D eigenvalue weighted by molar-refractivity contribution is 5.62. The molecule has 0 N–H and O–H groups in total. The second-order valence-corrected chi connectivity index (χ2v) is 7.26. The summed E-state index contributed by atoms with van der Waals surface area (Å²) in [6, 6.07) is 0. The molecule has 2 fully saturated rings. The Hall–Kier alpha value is -1.11. The van der Waals surface area contributed by atoms with Crippen molar-refractivity contribution in [2.24, 2.45) is 0 Å². The maximum atomic E-state index is 11.7. The van der Waals surface area contributed by atoms with Gasteiger partial charge in [0.05, 0.1) is 19.3 Å². The Morgan fingerprint density at radius 3 is 2.26 bits per heavy atom. The summed E-state index contributed by atoms with van der Waals surface area (Å²) < 4.78 is 30.3. The molecule has 0 aromatic carbocycles. The molecule has 0 aliphatic carbocycles. The van der Waals surface area contributed by atoms with Crippen LogP contribution in [0.1, 0.15) is 79.6 Å². The molecule has 2 aliphatic heterocycles. The lowest BCUT2D eigenvalue weighted by Gasteiger charge is -2.26. The number of carbonyl (C=O) groups is 1. The van der Waals surface area contributed by atoms with E-state index in [-0.39, 0.29) is 6.10 Å². The molecular weight excluding hydrogens is 348 g/mol. The fraction of sp³-hybridized carbons (Fsp3) is 0.857. The second-order valence-electron chi connectivity index (χ2n) is 7.26. The molecule has 2 heterocycles. The third kappa shape index (κ3) is 5.04. The van der Waals surface area contributed by atoms with Crippen molar-refractivity contribution in [2.75, 3.05) is 13.2 Å². The fourth-order valence-electron chi connectivity index (χ4n) is 3.55. The maximum Gasteiger partial charge on any atom is 0.211 e. The van der Waals surface area contributed by atoms with Gasteiger partial charge in [-0.1, -0.05) is 41.0 Å². The zero-order chi connectivity index (χ0) is 19.9. The first kappa shape index (κ1) is 22.2. The predicted molar refractivity (Wildman–Crippen MR) is 102 cm³/mol. The molecule has 0 bridgehead atoms. The number of hydrogen-bond acceptors (Lipinski definition) is 6. The van der Waals surface area contributed by atoms with Gasteiger partial charge in [0.1, 0.15) is 5.76 Å². The van der Waals surface area contributed by atoms with E-state index in [2.05, 4.69) is 20.8 Å². The lowest BCUT2D eigenvalue weighted by molar-refractivity contribution is -0.172. The normalized spacial score (nSPS) is 28.0. The summed E-state index contributed by atoms with van der Waals surface area (Å²) >= 11 is 0. The molecular formula is C21H36O6. The fourth-order valence-corrected chi connectivity index (χ4v) is 3.55. The predicted octanol–water partition coefficient (Wildman–Crippen LogP) is 4.47. The Morgan fingerprint density at radius 2 is 1.74 bits per heavy atom. The molecule has 0 amide bonds. The van der Waals surface area contributed by atoms with Crippen LogP contribution in [0.3, 0.4) is 0 Å². The smallest absolute Gasteiger partial charge is 0.211 e. The molecule has 0 saturated carbocycles. The molecule has 2 saturated heterocycles. The van der Waals surface area contributed by atoms with E-state index < -0.39 is 17.7 Å². The summed E-state index contributed by atoms with van der Waals surface area (Å²) in [4.78, 5) is 11.7. The van der Waals surface area contributed by atoms with Gasteiger partial charge in [-0.25, -0.2) is 0 Å². The second kappa shape index (κ2) is 9.89. The Bertz CT molecular complexity index is 507. The summed E-state index contributed by atoms with van der Waals surface area (Å²) in [5, 5.41) is 0. The number of hydrogen-bond donors (Lipinski definition) is 0. The third-order valence-corrected chi connectivity index (χ3v) is 5.55. The van der Waals surface area contributed by atoms with Gasteiger partial charge in [-0.05, 0) is 19.3 Å². The zero-order valence-corrected chi connectivity index (χ0v) is 17.5. The first-order chi connectivity index (χ1) is 13.0. The van der Waals surface area contributed by atoms with Crippen molar-refractivity contribution in [3.63, 3.8) is 0 Å². The van der Waals surface area contributed by atoms with Crippen LogP contribution in [0.25, 0.3) is 0 Å². The van der Waals surface area contributed by atoms with Crippen LogP contribution >= 0.6 is 0 Å². The molecule has 2 atom stereocenters. The van der Waals surface area contributed by atoms with E-state index in [1.54, 1.807) is 0 Å². The highest BCUT2D eigenvalue weighted by Gasteiger charge is 2.46. The topological polar surface area (TPSA) is 63.2 Å². The largest absolute Gasteiger partial charge is 0.494 e. The van der Waals surface area contributed by atoms with Crippen molar-refractivity contribution in [3.05, 3.63) is 11.5 Å². The van der Waals surface area contributed by atoms with Gasteiger partial charge in [0.25, 0.3) is 0 Å². The Labute approximate surface area is 163 Å². The van der Waals surface area contributed by atoms with Crippen LogP contribution in [0.5, 0.6) is 0 Å². The number of unbranched alkanes of at least 4 members (excludes halogenated alkanes) is 1. The monoisotopic (exact) mass is 384 g/mol. The van der Waals surface area contributed by atoms with Crippen LogP contribution in [-0.4, -0.2) is 43.3 Å². The maximum absolute atomic E-state index is 11.7. The summed E-state index contributed by atoms with van der Waals surface area (Å²) in [6.45, 7) is 11.3. The van der Waals surface area contributed by atoms with Gasteiger partial charge in [-0.15, -0.1) is 0 Å². The van der Waals surface area contributed by atoms with Crippen molar-refractivity contribution in [2.45, 2.75) is 103 Å². The first-order valence-electron chi connectivity index (χ1n) is 10.5. The van der Waals surface area contributed by atoms with Crippen molar-refractivity contribution in [1.29, 1.82) is 0 Å².